The van der Waals surface area contributed by atoms with Crippen LogP contribution in [0.5, 0.6) is 0 Å². The first-order chi connectivity index (χ1) is 52.3. The van der Waals surface area contributed by atoms with Gasteiger partial charge in [-0.2, -0.15) is 0 Å². The van der Waals surface area contributed by atoms with E-state index in [0.717, 1.165) is 125 Å². The van der Waals surface area contributed by atoms with Crippen molar-refractivity contribution >= 4 is 143 Å². The lowest BCUT2D eigenvalue weighted by atomic mass is 9.86. The largest absolute Gasteiger partial charge is 0.398 e. The number of para-hydroxylation sites is 3. The minimum Gasteiger partial charge on any atom is -0.398 e. The average Bonchev–Trinajstić information content (AvgIpc) is 0.707. The highest BCUT2D eigenvalue weighted by Gasteiger charge is 2.24. The van der Waals surface area contributed by atoms with E-state index < -0.39 is 5.24 Å². The number of amides is 2. The molecule has 108 heavy (non-hydrogen) atoms. The summed E-state index contributed by atoms with van der Waals surface area (Å²) < 4.78 is 2.89. The van der Waals surface area contributed by atoms with Gasteiger partial charge in [-0.25, -0.2) is 9.97 Å². The summed E-state index contributed by atoms with van der Waals surface area (Å²) >= 11 is 15.8. The van der Waals surface area contributed by atoms with Crippen molar-refractivity contribution in [2.24, 2.45) is 0 Å². The van der Waals surface area contributed by atoms with Crippen LogP contribution in [0.15, 0.2) is 317 Å². The predicted octanol–water partition coefficient (Wildman–Crippen LogP) is 26.3. The third kappa shape index (κ3) is 16.3. The van der Waals surface area contributed by atoms with Crippen LogP contribution in [0.2, 0.25) is 0 Å². The van der Waals surface area contributed by atoms with Crippen LogP contribution in [0, 0.1) is 41.5 Å². The number of nitrogens with zero attached hydrogens (tertiary/aromatic N) is 2. The lowest BCUT2D eigenvalue weighted by molar-refractivity contribution is 0.101. The molecule has 0 aliphatic rings. The number of anilines is 4. The Morgan fingerprint density at radius 2 is 0.676 bits per heavy atom. The van der Waals surface area contributed by atoms with E-state index in [2.05, 4.69) is 239 Å². The topological polar surface area (TPSA) is 153 Å². The van der Waals surface area contributed by atoms with Gasteiger partial charge < -0.3 is 22.1 Å². The number of nitrogens with one attached hydrogen (secondary N) is 2. The smallest absolute Gasteiger partial charge is 0.255 e. The van der Waals surface area contributed by atoms with Crippen LogP contribution in [0.1, 0.15) is 64.5 Å². The summed E-state index contributed by atoms with van der Waals surface area (Å²) in [6.45, 7) is 12.9. The molecule has 0 saturated heterocycles. The normalized spacial score (nSPS) is 10.9. The van der Waals surface area contributed by atoms with Crippen LogP contribution in [-0.4, -0.2) is 27.0 Å². The molecule has 0 atom stereocenters. The molecule has 6 N–H and O–H groups in total. The Bertz CT molecular complexity index is 6090. The molecule has 13 heteroatoms. The number of fused-ring (bicyclic) bond motifs is 6. The number of halogens is 4. The number of nitrogens with two attached hydrogens (primary N) is 2. The minimum absolute atomic E-state index is 0.150. The van der Waals surface area contributed by atoms with Crippen molar-refractivity contribution in [2.75, 3.05) is 22.1 Å². The molecular formula is C95H74Br3ClN6O3. The summed E-state index contributed by atoms with van der Waals surface area (Å²) in [5, 5.41) is 13.0. The maximum atomic E-state index is 13.0. The minimum atomic E-state index is -0.407. The van der Waals surface area contributed by atoms with E-state index in [4.69, 9.17) is 33.0 Å². The lowest BCUT2D eigenvalue weighted by Crippen LogP contribution is -2.13. The van der Waals surface area contributed by atoms with E-state index in [9.17, 15) is 14.4 Å². The van der Waals surface area contributed by atoms with Gasteiger partial charge in [0.25, 0.3) is 17.1 Å². The fourth-order valence-electron chi connectivity index (χ4n) is 14.0. The molecule has 9 nitrogen and oxygen atoms in total. The number of pyridine rings is 2. The fraction of sp³-hybridized carbons (Fsp3) is 0.0632. The summed E-state index contributed by atoms with van der Waals surface area (Å²) in [6, 6.07) is 99.5. The monoisotopic (exact) mass is 1620 g/mol. The molecule has 0 spiro atoms. The van der Waals surface area contributed by atoms with Gasteiger partial charge in [0.15, 0.2) is 0 Å². The third-order valence-corrected chi connectivity index (χ3v) is 20.9. The van der Waals surface area contributed by atoms with Gasteiger partial charge in [-0.1, -0.05) is 272 Å². The number of benzene rings is 14. The van der Waals surface area contributed by atoms with Crippen LogP contribution >= 0.6 is 59.4 Å². The van der Waals surface area contributed by atoms with Crippen molar-refractivity contribution in [3.05, 3.63) is 367 Å². The molecule has 530 valence electrons. The highest BCUT2D eigenvalue weighted by molar-refractivity contribution is 9.11. The highest BCUT2D eigenvalue weighted by Crippen LogP contribution is 2.47. The molecule has 0 unspecified atom stereocenters. The first-order valence-corrected chi connectivity index (χ1v) is 37.9. The Labute approximate surface area is 659 Å². The number of aryl methyl sites for hydroxylation is 6. The molecule has 2 aromatic heterocycles. The lowest BCUT2D eigenvalue weighted by Gasteiger charge is -2.21. The summed E-state index contributed by atoms with van der Waals surface area (Å²) in [5.41, 5.74) is 38.8. The van der Waals surface area contributed by atoms with Gasteiger partial charge in [0, 0.05) is 102 Å². The molecule has 2 heterocycles. The third-order valence-electron chi connectivity index (χ3n) is 19.2. The summed E-state index contributed by atoms with van der Waals surface area (Å²) in [5.74, 6) is -0.313. The molecule has 14 aromatic carbocycles. The Morgan fingerprint density at radius 1 is 0.315 bits per heavy atom. The molecule has 16 aromatic rings. The Balaban J connectivity index is 0.000000138. The molecule has 0 aliphatic heterocycles. The number of hydrogen-bond donors (Lipinski definition) is 4. The molecule has 0 bridgehead atoms. The van der Waals surface area contributed by atoms with Crippen molar-refractivity contribution in [2.45, 2.75) is 41.5 Å². The van der Waals surface area contributed by atoms with Crippen molar-refractivity contribution in [3.8, 4) is 67.0 Å². The second kappa shape index (κ2) is 33.4. The van der Waals surface area contributed by atoms with Crippen LogP contribution < -0.4 is 22.1 Å². The first kappa shape index (κ1) is 74.6. The molecule has 0 aliphatic carbocycles. The van der Waals surface area contributed by atoms with E-state index in [1.165, 1.54) is 54.7 Å². The van der Waals surface area contributed by atoms with Gasteiger partial charge in [0.1, 0.15) is 0 Å². The number of nitrogen functional groups attached to an aromatic ring is 2. The van der Waals surface area contributed by atoms with E-state index in [0.29, 0.717) is 16.7 Å². The molecule has 0 fully saturated rings. The zero-order chi connectivity index (χ0) is 75.7. The maximum Gasteiger partial charge on any atom is 0.255 e. The Kier molecular flexibility index (Phi) is 23.1. The van der Waals surface area contributed by atoms with Crippen molar-refractivity contribution < 1.29 is 14.4 Å². The van der Waals surface area contributed by atoms with Crippen molar-refractivity contribution in [1.82, 2.24) is 9.97 Å². The van der Waals surface area contributed by atoms with E-state index in [-0.39, 0.29) is 11.8 Å². The number of hydrogen-bond acceptors (Lipinski definition) is 7. The van der Waals surface area contributed by atoms with Gasteiger partial charge >= 0.3 is 0 Å². The van der Waals surface area contributed by atoms with Crippen molar-refractivity contribution in [1.29, 1.82) is 0 Å². The highest BCUT2D eigenvalue weighted by atomic mass is 79.9. The molecule has 16 rings (SSSR count). The summed E-state index contributed by atoms with van der Waals surface area (Å²) in [6.07, 6.45) is 0. The second-order valence-corrected chi connectivity index (χ2v) is 29.5. The van der Waals surface area contributed by atoms with Crippen LogP contribution in [0.4, 0.5) is 22.7 Å². The van der Waals surface area contributed by atoms with Gasteiger partial charge in [-0.05, 0) is 198 Å². The number of rotatable bonds is 11. The molecule has 0 saturated carbocycles. The molecule has 2 amide bonds. The number of carbonyl (C=O) groups is 3. The van der Waals surface area contributed by atoms with Crippen LogP contribution in [0.25, 0.3) is 110 Å². The van der Waals surface area contributed by atoms with Gasteiger partial charge in [0.2, 0.25) is 0 Å². The Hall–Kier alpha value is -11.6. The first-order valence-electron chi connectivity index (χ1n) is 35.1. The molecule has 0 radical (unpaired) electrons. The SMILES string of the molecule is Cc1c2c(-c3ccccc3)nc3cc(Br)ccc3c2c(C)c2c(-c3ccccc3)nc3ccccc3c12.Cc1cc(-c2ccc(Br)cc2N)c(C)cc1-c1ccccc1N.Cc1cc(-c2ccc(Br)cc2NC(=O)c2ccccc2)c(C)cc1-c1ccccc1NC(=O)c1ccccc1.O=C(Cl)c1ccccc1. The zero-order valence-corrected chi connectivity index (χ0v) is 65.7. The van der Waals surface area contributed by atoms with E-state index in [1.54, 1.807) is 48.5 Å². The van der Waals surface area contributed by atoms with E-state index in [1.807, 2.05) is 115 Å². The van der Waals surface area contributed by atoms with E-state index >= 15 is 0 Å². The average molecular weight is 1620 g/mol. The number of aromatic nitrogens is 2. The quantitative estimate of drug-likeness (QED) is 0.0435. The Morgan fingerprint density at radius 3 is 1.17 bits per heavy atom. The van der Waals surface area contributed by atoms with Gasteiger partial charge in [0.05, 0.1) is 28.1 Å². The van der Waals surface area contributed by atoms with Crippen molar-refractivity contribution in [3.63, 3.8) is 0 Å². The number of carbonyl (C=O) groups excluding carboxylic acids is 3. The summed E-state index contributed by atoms with van der Waals surface area (Å²) in [4.78, 5) is 46.8. The maximum absolute atomic E-state index is 13.0. The fourth-order valence-corrected chi connectivity index (χ4v) is 15.2. The summed E-state index contributed by atoms with van der Waals surface area (Å²) in [7, 11) is 0. The van der Waals surface area contributed by atoms with Gasteiger partial charge in [-0.15, -0.1) is 0 Å². The zero-order valence-electron chi connectivity index (χ0n) is 60.2. The van der Waals surface area contributed by atoms with Crippen LogP contribution in [-0.2, 0) is 0 Å². The standard InChI is InChI=1S/C34H27BrN2O2.C34H23BrN2.C20H19BrN2.C7H5ClO/c1-22-20-30(28-18-17-26(35)21-32(28)37-34(39)25-13-7-4-8-14-25)23(2)19-29(22)27-15-9-10-16-31(27)36-33(38)24-11-5-3-6-12-24;1-20-29-25-15-9-10-16-27(25)36-33(22-11-5-3-6-12-22)31(29)21(2)30-26-18-17-24(35)19-28(26)37-34(32(20)30)23-13-7-4-8-14-23;1-12-10-18(16-8-7-14(21)11-20(16)23)13(2)9-17(12)15-5-3-4-6-19(15)22;8-7(9)6-4-2-1-3-5-6/h3-21H,1-2H3,(H,36,38)(H,37,39);3-19H,1-2H3;3-11H,22-23H2,1-2H3;1-5H. The van der Waals surface area contributed by atoms with Crippen LogP contribution in [0.3, 0.4) is 0 Å². The predicted molar refractivity (Wildman–Crippen MR) is 463 cm³/mol. The molecular weight excluding hydrogens is 1550 g/mol. The van der Waals surface area contributed by atoms with Gasteiger partial charge in [-0.3, -0.25) is 14.4 Å². The second-order valence-electron chi connectivity index (χ2n) is 26.4.